The van der Waals surface area contributed by atoms with Gasteiger partial charge >= 0.3 is 5.97 Å². The molecule has 0 aliphatic carbocycles. The van der Waals surface area contributed by atoms with Gasteiger partial charge in [-0.2, -0.15) is 0 Å². The van der Waals surface area contributed by atoms with E-state index in [0.717, 1.165) is 25.7 Å². The maximum atomic E-state index is 11.3. The van der Waals surface area contributed by atoms with Gasteiger partial charge in [0.05, 0.1) is 6.61 Å². The Morgan fingerprint density at radius 1 is 0.537 bits per heavy atom. The minimum Gasteiger partial charge on any atom is -0.550 e. The Kier molecular flexibility index (Phi) is 37.8. The second-order valence-electron chi connectivity index (χ2n) is 11.9. The van der Waals surface area contributed by atoms with Gasteiger partial charge in [-0.25, -0.2) is 0 Å². The zero-order chi connectivity index (χ0) is 30.7. The van der Waals surface area contributed by atoms with Crippen LogP contribution >= 0.6 is 0 Å². The van der Waals surface area contributed by atoms with Crippen molar-refractivity contribution in [1.29, 1.82) is 0 Å². The molecule has 0 radical (unpaired) electrons. The SMILES string of the molecule is CCCCCCCCCCCCCCCC(=O)OCC(O)CO.CCCCCCCCCCCCCCCC(=O)[O-]. The molecule has 0 saturated carbocycles. The van der Waals surface area contributed by atoms with Gasteiger partial charge in [0.1, 0.15) is 12.7 Å². The van der Waals surface area contributed by atoms with Crippen molar-refractivity contribution in [2.24, 2.45) is 0 Å². The highest BCUT2D eigenvalue weighted by molar-refractivity contribution is 5.69. The van der Waals surface area contributed by atoms with Crippen LogP contribution in [-0.2, 0) is 14.3 Å². The molecule has 0 aliphatic rings. The van der Waals surface area contributed by atoms with Gasteiger partial charge in [0.15, 0.2) is 0 Å². The van der Waals surface area contributed by atoms with Crippen molar-refractivity contribution in [2.75, 3.05) is 13.2 Å². The van der Waals surface area contributed by atoms with E-state index in [1.54, 1.807) is 0 Å². The number of carboxylic acids is 1. The summed E-state index contributed by atoms with van der Waals surface area (Å²) in [5, 5.41) is 27.9. The molecule has 0 heterocycles. The predicted molar refractivity (Wildman–Crippen MR) is 170 cm³/mol. The Hall–Kier alpha value is -1.14. The molecule has 0 amide bonds. The van der Waals surface area contributed by atoms with Crippen molar-refractivity contribution in [3.63, 3.8) is 0 Å². The van der Waals surface area contributed by atoms with Crippen molar-refractivity contribution >= 4 is 11.9 Å². The molecule has 0 spiro atoms. The van der Waals surface area contributed by atoms with Gasteiger partial charge in [-0.1, -0.05) is 168 Å². The van der Waals surface area contributed by atoms with Gasteiger partial charge < -0.3 is 24.9 Å². The third-order valence-corrected chi connectivity index (χ3v) is 7.62. The zero-order valence-corrected chi connectivity index (χ0v) is 27.3. The number of rotatable bonds is 31. The van der Waals surface area contributed by atoms with E-state index in [2.05, 4.69) is 13.8 Å². The van der Waals surface area contributed by atoms with Crippen LogP contribution in [0.2, 0.25) is 0 Å². The van der Waals surface area contributed by atoms with Gasteiger partial charge in [-0.15, -0.1) is 0 Å². The molecule has 0 saturated heterocycles. The van der Waals surface area contributed by atoms with Gasteiger partial charge in [0.25, 0.3) is 0 Å². The van der Waals surface area contributed by atoms with Crippen molar-refractivity contribution in [3.05, 3.63) is 0 Å². The van der Waals surface area contributed by atoms with Crippen LogP contribution in [-0.4, -0.2) is 41.5 Å². The van der Waals surface area contributed by atoms with E-state index in [-0.39, 0.29) is 25.6 Å². The Labute approximate surface area is 254 Å². The number of carboxylic acid groups (broad SMARTS) is 1. The van der Waals surface area contributed by atoms with E-state index < -0.39 is 12.1 Å². The van der Waals surface area contributed by atoms with Gasteiger partial charge in [-0.3, -0.25) is 4.79 Å². The lowest BCUT2D eigenvalue weighted by atomic mass is 10.0. The molecule has 6 heteroatoms. The van der Waals surface area contributed by atoms with Crippen LogP contribution in [0, 0.1) is 0 Å². The number of hydrogen-bond donors (Lipinski definition) is 2. The first-order valence-corrected chi connectivity index (χ1v) is 17.6. The summed E-state index contributed by atoms with van der Waals surface area (Å²) in [4.78, 5) is 21.5. The number of carbonyl (C=O) groups excluding carboxylic acids is 2. The number of ether oxygens (including phenoxy) is 1. The van der Waals surface area contributed by atoms with E-state index in [1.165, 1.54) is 141 Å². The second kappa shape index (κ2) is 36.9. The number of aliphatic carboxylic acids is 1. The number of unbranched alkanes of at least 4 members (excludes halogenated alkanes) is 24. The molecule has 41 heavy (non-hydrogen) atoms. The lowest BCUT2D eigenvalue weighted by Crippen LogP contribution is -2.21. The molecule has 1 atom stereocenters. The quantitative estimate of drug-likeness (QED) is 0.0623. The summed E-state index contributed by atoms with van der Waals surface area (Å²) >= 11 is 0. The summed E-state index contributed by atoms with van der Waals surface area (Å²) in [6.45, 7) is 4.04. The third-order valence-electron chi connectivity index (χ3n) is 7.62. The number of esters is 1. The standard InChI is InChI=1S/C19H38O4.C16H32O2/c1-2-3-4-5-6-7-8-9-10-11-12-13-14-15-19(22)23-17-18(21)16-20;1-2-3-4-5-6-7-8-9-10-11-12-13-14-15-16(17)18/h18,20-21H,2-17H2,1H3;2-15H2,1H3,(H,17,18)/p-1. The van der Waals surface area contributed by atoms with Crippen LogP contribution in [0.4, 0.5) is 0 Å². The molecular weight excluding hydrogens is 516 g/mol. The average Bonchev–Trinajstić information content (AvgIpc) is 2.96. The molecule has 0 bridgehead atoms. The summed E-state index contributed by atoms with van der Waals surface area (Å²) in [6.07, 6.45) is 33.1. The summed E-state index contributed by atoms with van der Waals surface area (Å²) in [5.41, 5.74) is 0. The molecule has 0 aliphatic heterocycles. The van der Waals surface area contributed by atoms with E-state index in [9.17, 15) is 14.7 Å². The summed E-state index contributed by atoms with van der Waals surface area (Å²) in [6, 6.07) is 0. The van der Waals surface area contributed by atoms with Crippen molar-refractivity contribution in [3.8, 4) is 0 Å². The maximum absolute atomic E-state index is 11.3. The molecule has 0 aromatic heterocycles. The number of carbonyl (C=O) groups is 2. The topological polar surface area (TPSA) is 107 Å². The molecule has 0 rings (SSSR count). The molecule has 6 nitrogen and oxygen atoms in total. The van der Waals surface area contributed by atoms with Crippen LogP contribution in [0.5, 0.6) is 0 Å². The summed E-state index contributed by atoms with van der Waals surface area (Å²) in [7, 11) is 0. The first kappa shape index (κ1) is 42.0. The molecule has 0 fully saturated rings. The summed E-state index contributed by atoms with van der Waals surface area (Å²) < 4.78 is 4.85. The van der Waals surface area contributed by atoms with Crippen LogP contribution in [0.15, 0.2) is 0 Å². The normalized spacial score (nSPS) is 11.6. The fraction of sp³-hybridized carbons (Fsp3) is 0.943. The summed E-state index contributed by atoms with van der Waals surface area (Å²) in [5.74, 6) is -1.18. The molecule has 0 aromatic rings. The van der Waals surface area contributed by atoms with Crippen LogP contribution in [0.25, 0.3) is 0 Å². The smallest absolute Gasteiger partial charge is 0.305 e. The van der Waals surface area contributed by atoms with Gasteiger partial charge in [0.2, 0.25) is 0 Å². The van der Waals surface area contributed by atoms with Crippen LogP contribution in [0.3, 0.4) is 0 Å². The number of hydrogen-bond acceptors (Lipinski definition) is 6. The molecular formula is C35H69O6-. The van der Waals surface area contributed by atoms with Gasteiger partial charge in [-0.05, 0) is 19.3 Å². The number of aliphatic hydroxyl groups is 2. The van der Waals surface area contributed by atoms with Crippen molar-refractivity contribution < 1.29 is 29.6 Å². The second-order valence-corrected chi connectivity index (χ2v) is 11.9. The van der Waals surface area contributed by atoms with Crippen LogP contribution < -0.4 is 5.11 Å². The van der Waals surface area contributed by atoms with Crippen LogP contribution in [0.1, 0.15) is 194 Å². The Balaban J connectivity index is 0. The number of aliphatic hydroxyl groups excluding tert-OH is 2. The van der Waals surface area contributed by atoms with E-state index in [0.29, 0.717) is 6.42 Å². The van der Waals surface area contributed by atoms with Gasteiger partial charge in [0, 0.05) is 12.4 Å². The predicted octanol–water partition coefficient (Wildman–Crippen LogP) is 8.58. The minimum absolute atomic E-state index is 0.103. The monoisotopic (exact) mass is 586 g/mol. The van der Waals surface area contributed by atoms with E-state index >= 15 is 0 Å². The Morgan fingerprint density at radius 3 is 1.12 bits per heavy atom. The zero-order valence-electron chi connectivity index (χ0n) is 27.3. The highest BCUT2D eigenvalue weighted by Crippen LogP contribution is 2.14. The average molecular weight is 586 g/mol. The van der Waals surface area contributed by atoms with Crippen molar-refractivity contribution in [1.82, 2.24) is 0 Å². The van der Waals surface area contributed by atoms with E-state index in [4.69, 9.17) is 14.9 Å². The van der Waals surface area contributed by atoms with Crippen molar-refractivity contribution in [2.45, 2.75) is 200 Å². The Morgan fingerprint density at radius 2 is 0.829 bits per heavy atom. The van der Waals surface area contributed by atoms with E-state index in [1.807, 2.05) is 0 Å². The maximum Gasteiger partial charge on any atom is 0.305 e. The first-order chi connectivity index (χ1) is 20.0. The largest absolute Gasteiger partial charge is 0.550 e. The first-order valence-electron chi connectivity index (χ1n) is 17.6. The fourth-order valence-electron chi connectivity index (χ4n) is 4.89. The molecule has 2 N–H and O–H groups in total. The lowest BCUT2D eigenvalue weighted by molar-refractivity contribution is -0.305. The minimum atomic E-state index is -0.953. The molecule has 246 valence electrons. The fourth-order valence-corrected chi connectivity index (χ4v) is 4.89. The Bertz CT molecular complexity index is 525. The lowest BCUT2D eigenvalue weighted by Gasteiger charge is -2.08. The molecule has 0 aromatic carbocycles. The molecule has 1 unspecified atom stereocenters. The third kappa shape index (κ3) is 41.1. The highest BCUT2D eigenvalue weighted by atomic mass is 16.5. The highest BCUT2D eigenvalue weighted by Gasteiger charge is 2.07.